The van der Waals surface area contributed by atoms with Gasteiger partial charge in [0.25, 0.3) is 5.91 Å². The van der Waals surface area contributed by atoms with Crippen LogP contribution in [0.3, 0.4) is 0 Å². The van der Waals surface area contributed by atoms with Gasteiger partial charge in [0.1, 0.15) is 0 Å². The summed E-state index contributed by atoms with van der Waals surface area (Å²) in [5, 5.41) is 5.66. The average molecular weight is 368 g/mol. The molecule has 2 N–H and O–H groups in total. The Labute approximate surface area is 160 Å². The Morgan fingerprint density at radius 3 is 2.44 bits per heavy atom. The summed E-state index contributed by atoms with van der Waals surface area (Å²) in [7, 11) is 1.76. The predicted molar refractivity (Wildman–Crippen MR) is 101 cm³/mol. The van der Waals surface area contributed by atoms with Crippen molar-refractivity contribution in [3.05, 3.63) is 34.9 Å². The molecule has 1 heterocycles. The number of amides is 3. The summed E-state index contributed by atoms with van der Waals surface area (Å²) in [5.41, 5.74) is 2.46. The van der Waals surface area contributed by atoms with Gasteiger partial charge in [0.15, 0.2) is 5.54 Å². The second-order valence-corrected chi connectivity index (χ2v) is 8.95. The molecule has 3 fully saturated rings. The second kappa shape index (κ2) is 6.06. The monoisotopic (exact) mass is 368 g/mol. The molecule has 1 aliphatic heterocycles. The molecule has 2 spiro atoms. The van der Waals surface area contributed by atoms with Crippen LogP contribution in [0.5, 0.6) is 0 Å². The first-order valence-corrected chi connectivity index (χ1v) is 10.4. The Morgan fingerprint density at radius 1 is 1.07 bits per heavy atom. The lowest BCUT2D eigenvalue weighted by Gasteiger charge is -2.46. The van der Waals surface area contributed by atoms with E-state index in [1.807, 2.05) is 0 Å². The number of benzene rings is 1. The van der Waals surface area contributed by atoms with E-state index in [1.165, 1.54) is 36.8 Å². The van der Waals surface area contributed by atoms with Crippen LogP contribution >= 0.6 is 0 Å². The lowest BCUT2D eigenvalue weighted by atomic mass is 9.61. The number of ether oxygens (including phenoxy) is 1. The van der Waals surface area contributed by atoms with E-state index in [0.29, 0.717) is 5.92 Å². The lowest BCUT2D eigenvalue weighted by molar-refractivity contribution is -0.131. The molecule has 1 aromatic rings. The number of nitrogens with one attached hydrogen (secondary N) is 2. The third kappa shape index (κ3) is 2.33. The number of rotatable bonds is 2. The van der Waals surface area contributed by atoms with E-state index in [4.69, 9.17) is 4.74 Å². The number of imide groups is 1. The largest absolute Gasteiger partial charge is 0.381 e. The minimum Gasteiger partial charge on any atom is -0.381 e. The van der Waals surface area contributed by atoms with Gasteiger partial charge in [-0.3, -0.25) is 10.1 Å². The highest BCUT2D eigenvalue weighted by atomic mass is 16.5. The van der Waals surface area contributed by atoms with Crippen LogP contribution in [0.15, 0.2) is 18.2 Å². The Morgan fingerprint density at radius 2 is 1.81 bits per heavy atom. The van der Waals surface area contributed by atoms with Gasteiger partial charge in [-0.05, 0) is 67.6 Å². The molecule has 1 atom stereocenters. The molecule has 27 heavy (non-hydrogen) atoms. The topological polar surface area (TPSA) is 67.4 Å². The van der Waals surface area contributed by atoms with Gasteiger partial charge in [0, 0.05) is 12.5 Å². The lowest BCUT2D eigenvalue weighted by Crippen LogP contribution is -2.56. The quantitative estimate of drug-likeness (QED) is 0.785. The number of hydrogen-bond acceptors (Lipinski definition) is 3. The second-order valence-electron chi connectivity index (χ2n) is 8.95. The van der Waals surface area contributed by atoms with Crippen LogP contribution in [0.4, 0.5) is 4.79 Å². The fourth-order valence-electron chi connectivity index (χ4n) is 6.34. The van der Waals surface area contributed by atoms with Crippen molar-refractivity contribution < 1.29 is 14.3 Å². The van der Waals surface area contributed by atoms with Gasteiger partial charge >= 0.3 is 6.03 Å². The summed E-state index contributed by atoms with van der Waals surface area (Å²) >= 11 is 0. The van der Waals surface area contributed by atoms with Crippen molar-refractivity contribution >= 4 is 11.9 Å². The first-order valence-electron chi connectivity index (χ1n) is 10.4. The van der Waals surface area contributed by atoms with Crippen LogP contribution in [0.2, 0.25) is 0 Å². The first-order chi connectivity index (χ1) is 13.1. The Hall–Kier alpha value is -1.88. The van der Waals surface area contributed by atoms with Crippen molar-refractivity contribution in [2.24, 2.45) is 5.41 Å². The molecule has 5 rings (SSSR count). The van der Waals surface area contributed by atoms with Crippen LogP contribution < -0.4 is 10.6 Å². The van der Waals surface area contributed by atoms with Gasteiger partial charge in [0.05, 0.1) is 6.10 Å². The van der Waals surface area contributed by atoms with E-state index in [-0.39, 0.29) is 23.5 Å². The van der Waals surface area contributed by atoms with Crippen LogP contribution in [-0.2, 0) is 21.5 Å². The minimum atomic E-state index is -0.910. The number of carbonyl (C=O) groups excluding carboxylic acids is 2. The smallest absolute Gasteiger partial charge is 0.322 e. The van der Waals surface area contributed by atoms with Crippen LogP contribution in [0.25, 0.3) is 0 Å². The van der Waals surface area contributed by atoms with Crippen molar-refractivity contribution in [1.29, 1.82) is 0 Å². The van der Waals surface area contributed by atoms with Crippen LogP contribution in [-0.4, -0.2) is 25.2 Å². The number of hydrogen-bond donors (Lipinski definition) is 2. The van der Waals surface area contributed by atoms with E-state index < -0.39 is 5.54 Å². The molecule has 1 unspecified atom stereocenters. The van der Waals surface area contributed by atoms with Gasteiger partial charge < -0.3 is 10.1 Å². The highest BCUT2D eigenvalue weighted by Crippen LogP contribution is 2.59. The van der Waals surface area contributed by atoms with Crippen molar-refractivity contribution in [1.82, 2.24) is 10.6 Å². The summed E-state index contributed by atoms with van der Waals surface area (Å²) in [6.45, 7) is 0. The van der Waals surface area contributed by atoms with E-state index in [1.54, 1.807) is 7.11 Å². The maximum Gasteiger partial charge on any atom is 0.322 e. The van der Waals surface area contributed by atoms with Gasteiger partial charge in [-0.1, -0.05) is 31.0 Å². The van der Waals surface area contributed by atoms with E-state index >= 15 is 0 Å². The summed E-state index contributed by atoms with van der Waals surface area (Å²) in [5.74, 6) is 0.430. The number of fused-ring (bicyclic) bond motifs is 3. The Kier molecular flexibility index (Phi) is 3.87. The highest BCUT2D eigenvalue weighted by molar-refractivity contribution is 6.08. The molecule has 1 saturated heterocycles. The highest BCUT2D eigenvalue weighted by Gasteiger charge is 2.66. The molecule has 0 bridgehead atoms. The van der Waals surface area contributed by atoms with Crippen LogP contribution in [0.1, 0.15) is 74.0 Å². The average Bonchev–Trinajstić information content (AvgIpc) is 3.36. The van der Waals surface area contributed by atoms with E-state index in [0.717, 1.165) is 37.7 Å². The zero-order valence-electron chi connectivity index (χ0n) is 16.0. The molecule has 1 aromatic carbocycles. The van der Waals surface area contributed by atoms with E-state index in [9.17, 15) is 9.59 Å². The molecule has 2 saturated carbocycles. The molecule has 3 aliphatic carbocycles. The molecular formula is C22H28N2O3. The third-order valence-corrected chi connectivity index (χ3v) is 7.78. The molecule has 5 heteroatoms. The maximum absolute atomic E-state index is 13.2. The molecular weight excluding hydrogens is 340 g/mol. The fraction of sp³-hybridized carbons (Fsp3) is 0.636. The van der Waals surface area contributed by atoms with Gasteiger partial charge in [0.2, 0.25) is 0 Å². The SMILES string of the molecule is COC1CCC2(CC1)Cc1ccc(C3CCCC3)cc1C21NC(=O)NC1=O. The van der Waals surface area contributed by atoms with Crippen molar-refractivity contribution in [3.8, 4) is 0 Å². The molecule has 5 nitrogen and oxygen atoms in total. The zero-order valence-corrected chi connectivity index (χ0v) is 16.0. The Bertz CT molecular complexity index is 791. The van der Waals surface area contributed by atoms with Crippen LogP contribution in [0, 0.1) is 5.41 Å². The van der Waals surface area contributed by atoms with Crippen molar-refractivity contribution in [2.45, 2.75) is 75.3 Å². The van der Waals surface area contributed by atoms with Gasteiger partial charge in [-0.15, -0.1) is 0 Å². The molecule has 4 aliphatic rings. The molecule has 3 amide bonds. The number of methoxy groups -OCH3 is 1. The molecule has 0 aromatic heterocycles. The molecule has 0 radical (unpaired) electrons. The Balaban J connectivity index is 1.60. The first kappa shape index (κ1) is 17.2. The third-order valence-electron chi connectivity index (χ3n) is 7.78. The van der Waals surface area contributed by atoms with Crippen molar-refractivity contribution in [3.63, 3.8) is 0 Å². The summed E-state index contributed by atoms with van der Waals surface area (Å²) in [6, 6.07) is 6.37. The normalized spacial score (nSPS) is 35.7. The zero-order chi connectivity index (χ0) is 18.6. The summed E-state index contributed by atoms with van der Waals surface area (Å²) in [6.07, 6.45) is 9.80. The standard InChI is InChI=1S/C22H28N2O3/c1-27-17-8-10-21(11-9-17)13-16-7-6-15(14-4-2-3-5-14)12-18(16)22(21)19(25)23-20(26)24-22/h6-7,12,14,17H,2-5,8-11,13H2,1H3,(H2,23,24,25,26). The van der Waals surface area contributed by atoms with Crippen molar-refractivity contribution in [2.75, 3.05) is 7.11 Å². The van der Waals surface area contributed by atoms with Gasteiger partial charge in [-0.25, -0.2) is 4.79 Å². The maximum atomic E-state index is 13.2. The van der Waals surface area contributed by atoms with Gasteiger partial charge in [-0.2, -0.15) is 0 Å². The fourth-order valence-corrected chi connectivity index (χ4v) is 6.34. The number of urea groups is 1. The number of carbonyl (C=O) groups is 2. The minimum absolute atomic E-state index is 0.161. The summed E-state index contributed by atoms with van der Waals surface area (Å²) in [4.78, 5) is 25.4. The molecule has 144 valence electrons. The van der Waals surface area contributed by atoms with E-state index in [2.05, 4.69) is 28.8 Å². The predicted octanol–water partition coefficient (Wildman–Crippen LogP) is 3.51. The summed E-state index contributed by atoms with van der Waals surface area (Å²) < 4.78 is 5.57.